The average Bonchev–Trinajstić information content (AvgIpc) is 3.15. The van der Waals surface area contributed by atoms with Crippen molar-refractivity contribution in [2.24, 2.45) is 0 Å². The van der Waals surface area contributed by atoms with Gasteiger partial charge in [-0.05, 0) is 52.7 Å². The van der Waals surface area contributed by atoms with E-state index in [0.717, 1.165) is 14.2 Å². The predicted molar refractivity (Wildman–Crippen MR) is 195 cm³/mol. The largest absolute Gasteiger partial charge is 0.466 e. The van der Waals surface area contributed by atoms with Crippen LogP contribution in [0.2, 0.25) is 0 Å². The van der Waals surface area contributed by atoms with E-state index in [0.29, 0.717) is 22.5 Å². The second kappa shape index (κ2) is 18.6. The molecule has 0 aromatic heterocycles. The number of carbonyl (C=O) groups is 4. The molecule has 0 radical (unpaired) electrons. The first-order valence-corrected chi connectivity index (χ1v) is 16.7. The number of carbonyl (C=O) groups excluding carboxylic acids is 4. The fourth-order valence-electron chi connectivity index (χ4n) is 5.89. The van der Waals surface area contributed by atoms with Crippen molar-refractivity contribution in [3.8, 4) is 12.1 Å². The molecule has 0 saturated heterocycles. The van der Waals surface area contributed by atoms with Crippen molar-refractivity contribution in [2.75, 3.05) is 14.2 Å². The number of nitrogens with zero attached hydrogens (tertiary/aromatic N) is 4. The molecule has 0 amide bonds. The summed E-state index contributed by atoms with van der Waals surface area (Å²) in [6.07, 6.45) is -0.858. The lowest BCUT2D eigenvalue weighted by atomic mass is 9.80. The maximum absolute atomic E-state index is 12.8. The van der Waals surface area contributed by atoms with E-state index in [1.807, 2.05) is 12.1 Å². The number of dihydropyridines is 2. The number of benzene rings is 2. The van der Waals surface area contributed by atoms with Gasteiger partial charge in [-0.2, -0.15) is 10.5 Å². The van der Waals surface area contributed by atoms with Crippen molar-refractivity contribution in [3.05, 3.63) is 125 Å². The van der Waals surface area contributed by atoms with Gasteiger partial charge in [0.15, 0.2) is 0 Å². The number of hydrogen-bond acceptors (Lipinski definition) is 16. The number of methoxy groups -OCH3 is 2. The zero-order valence-corrected chi connectivity index (χ0v) is 31.6. The Morgan fingerprint density at radius 2 is 0.982 bits per heavy atom. The monoisotopic (exact) mass is 770 g/mol. The minimum absolute atomic E-state index is 0.0774. The summed E-state index contributed by atoms with van der Waals surface area (Å²) in [5, 5.41) is 46.8. The summed E-state index contributed by atoms with van der Waals surface area (Å²) in [5.74, 6) is -5.18. The lowest BCUT2D eigenvalue weighted by Gasteiger charge is -2.29. The number of nitrogens with one attached hydrogen (secondary N) is 2. The Hall–Kier alpha value is -7.34. The van der Waals surface area contributed by atoms with Gasteiger partial charge in [0.1, 0.15) is 23.5 Å². The van der Waals surface area contributed by atoms with E-state index < -0.39 is 57.8 Å². The van der Waals surface area contributed by atoms with Gasteiger partial charge in [-0.25, -0.2) is 19.2 Å². The molecule has 0 aliphatic carbocycles. The molecular formula is C38H38N6O12. The molecule has 2 atom stereocenters. The third-order valence-corrected chi connectivity index (χ3v) is 8.11. The molecule has 2 aromatic rings. The van der Waals surface area contributed by atoms with E-state index >= 15 is 0 Å². The molecule has 18 heteroatoms. The van der Waals surface area contributed by atoms with Crippen LogP contribution in [0.5, 0.6) is 0 Å². The van der Waals surface area contributed by atoms with Crippen molar-refractivity contribution in [1.29, 1.82) is 10.5 Å². The molecule has 292 valence electrons. The lowest BCUT2D eigenvalue weighted by Crippen LogP contribution is -2.33. The normalized spacial score (nSPS) is 16.4. The maximum Gasteiger partial charge on any atom is 0.337 e. The van der Waals surface area contributed by atoms with Crippen LogP contribution in [0.3, 0.4) is 0 Å². The molecule has 0 fully saturated rings. The second-order valence-corrected chi connectivity index (χ2v) is 12.6. The van der Waals surface area contributed by atoms with Crippen molar-refractivity contribution >= 4 is 35.3 Å². The summed E-state index contributed by atoms with van der Waals surface area (Å²) in [7, 11) is 2.29. The molecule has 18 nitrogen and oxygen atoms in total. The van der Waals surface area contributed by atoms with Crippen LogP contribution in [-0.2, 0) is 38.1 Å². The zero-order valence-electron chi connectivity index (χ0n) is 31.6. The zero-order chi connectivity index (χ0) is 42.0. The summed E-state index contributed by atoms with van der Waals surface area (Å²) >= 11 is 0. The van der Waals surface area contributed by atoms with E-state index in [4.69, 9.17) is 18.9 Å². The number of nitro groups is 2. The van der Waals surface area contributed by atoms with Crippen LogP contribution in [0.25, 0.3) is 0 Å². The summed E-state index contributed by atoms with van der Waals surface area (Å²) in [6.45, 7) is 9.81. The number of hydrogen-bond donors (Lipinski definition) is 2. The Kier molecular flexibility index (Phi) is 14.3. The Morgan fingerprint density at radius 1 is 0.643 bits per heavy atom. The van der Waals surface area contributed by atoms with Crippen LogP contribution < -0.4 is 10.6 Å². The van der Waals surface area contributed by atoms with E-state index in [1.165, 1.54) is 48.5 Å². The SMILES string of the molecule is COC(=O)C1=C(C#N)NC(C)=C(C(=O)OC(C)C)C1c1cccc([N+](=O)[O-])c1.COC(=O)C1=C(C#N)NC(C)=C(C(=O)OC(C)C)C1c1cccc([N+](=O)[O-])c1. The van der Waals surface area contributed by atoms with E-state index in [2.05, 4.69) is 10.6 Å². The van der Waals surface area contributed by atoms with Crippen LogP contribution in [0, 0.1) is 42.9 Å². The third kappa shape index (κ3) is 9.60. The minimum atomic E-state index is -1.06. The summed E-state index contributed by atoms with van der Waals surface area (Å²) in [6, 6.07) is 14.8. The van der Waals surface area contributed by atoms with Gasteiger partial charge < -0.3 is 29.6 Å². The minimum Gasteiger partial charge on any atom is -0.466 e. The number of ether oxygens (including phenoxy) is 4. The Balaban J connectivity index is 0.000000300. The number of allylic oxidation sites excluding steroid dienone is 4. The molecule has 0 spiro atoms. The highest BCUT2D eigenvalue weighted by Gasteiger charge is 2.41. The first-order chi connectivity index (χ1) is 26.4. The highest BCUT2D eigenvalue weighted by atomic mass is 16.6. The highest BCUT2D eigenvalue weighted by molar-refractivity contribution is 6.01. The van der Waals surface area contributed by atoms with Gasteiger partial charge in [0.2, 0.25) is 0 Å². The standard InChI is InChI=1S/2C19H19N3O6/c2*1-10(2)28-19(24)15-11(3)21-14(9-20)17(18(23)27-4)16(15)12-6-5-7-13(8-12)22(25)26/h2*5-8,10,16,21H,1-4H3. The number of nitriles is 2. The molecule has 0 bridgehead atoms. The van der Waals surface area contributed by atoms with Crippen molar-refractivity contribution in [1.82, 2.24) is 10.6 Å². The second-order valence-electron chi connectivity index (χ2n) is 12.6. The Bertz CT molecular complexity index is 2030. The van der Waals surface area contributed by atoms with Crippen LogP contribution in [0.15, 0.2) is 93.6 Å². The number of rotatable bonds is 10. The van der Waals surface area contributed by atoms with E-state index in [1.54, 1.807) is 41.5 Å². The number of nitro benzene ring substituents is 2. The Morgan fingerprint density at radius 3 is 1.25 bits per heavy atom. The first-order valence-electron chi connectivity index (χ1n) is 16.7. The van der Waals surface area contributed by atoms with Gasteiger partial charge in [0, 0.05) is 35.7 Å². The van der Waals surface area contributed by atoms with Crippen molar-refractivity contribution < 1.29 is 48.0 Å². The van der Waals surface area contributed by atoms with Gasteiger partial charge in [-0.15, -0.1) is 0 Å². The third-order valence-electron chi connectivity index (χ3n) is 8.11. The van der Waals surface area contributed by atoms with Gasteiger partial charge in [-0.3, -0.25) is 20.2 Å². The molecule has 2 heterocycles. The van der Waals surface area contributed by atoms with E-state index in [-0.39, 0.29) is 45.1 Å². The van der Waals surface area contributed by atoms with Gasteiger partial charge in [0.05, 0.1) is 70.4 Å². The topological polar surface area (TPSA) is 263 Å². The first kappa shape index (κ1) is 43.1. The Labute approximate surface area is 321 Å². The number of esters is 4. The van der Waals surface area contributed by atoms with Crippen LogP contribution in [0.4, 0.5) is 11.4 Å². The molecule has 2 unspecified atom stereocenters. The molecular weight excluding hydrogens is 732 g/mol. The summed E-state index contributed by atoms with van der Waals surface area (Å²) in [4.78, 5) is 71.6. The molecule has 2 aliphatic rings. The van der Waals surface area contributed by atoms with Gasteiger partial charge in [0.25, 0.3) is 11.4 Å². The molecule has 4 rings (SSSR count). The predicted octanol–water partition coefficient (Wildman–Crippen LogP) is 4.92. The summed E-state index contributed by atoms with van der Waals surface area (Å²) < 4.78 is 20.2. The van der Waals surface area contributed by atoms with Crippen molar-refractivity contribution in [2.45, 2.75) is 65.6 Å². The van der Waals surface area contributed by atoms with Gasteiger partial charge >= 0.3 is 23.9 Å². The molecule has 2 aliphatic heterocycles. The number of non-ortho nitro benzene ring substituents is 2. The lowest BCUT2D eigenvalue weighted by molar-refractivity contribution is -0.385. The van der Waals surface area contributed by atoms with Crippen molar-refractivity contribution in [3.63, 3.8) is 0 Å². The maximum atomic E-state index is 12.8. The molecule has 0 saturated carbocycles. The smallest absolute Gasteiger partial charge is 0.337 e. The molecule has 56 heavy (non-hydrogen) atoms. The van der Waals surface area contributed by atoms with Crippen LogP contribution in [0.1, 0.15) is 64.5 Å². The fourth-order valence-corrected chi connectivity index (χ4v) is 5.89. The van der Waals surface area contributed by atoms with E-state index in [9.17, 15) is 49.9 Å². The van der Waals surface area contributed by atoms with Gasteiger partial charge in [-0.1, -0.05) is 24.3 Å². The van der Waals surface area contributed by atoms with Crippen LogP contribution >= 0.6 is 0 Å². The molecule has 2 aromatic carbocycles. The quantitative estimate of drug-likeness (QED) is 0.141. The fraction of sp³-hybridized carbons (Fsp3) is 0.316. The summed E-state index contributed by atoms with van der Waals surface area (Å²) in [5.41, 5.74) is 0.501. The highest BCUT2D eigenvalue weighted by Crippen LogP contribution is 2.41. The average molecular weight is 771 g/mol. The van der Waals surface area contributed by atoms with Crippen LogP contribution in [-0.4, -0.2) is 60.2 Å². The molecule has 2 N–H and O–H groups in total.